The summed E-state index contributed by atoms with van der Waals surface area (Å²) in [5, 5.41) is 6.29. The van der Waals surface area contributed by atoms with Crippen molar-refractivity contribution in [2.75, 3.05) is 41.4 Å². The van der Waals surface area contributed by atoms with E-state index in [0.29, 0.717) is 32.0 Å². The Bertz CT molecular complexity index is 663. The predicted octanol–water partition coefficient (Wildman–Crippen LogP) is 3.03. The number of methoxy groups -OCH3 is 2. The van der Waals surface area contributed by atoms with E-state index in [9.17, 15) is 4.79 Å². The number of benzene rings is 1. The summed E-state index contributed by atoms with van der Waals surface area (Å²) in [6.07, 6.45) is 5.57. The van der Waals surface area contributed by atoms with Crippen molar-refractivity contribution in [1.82, 2.24) is 15.5 Å². The molecule has 0 spiro atoms. The molecule has 2 rings (SSSR count). The molecule has 0 radical (unpaired) electrons. The SMILES string of the molecule is CN=C(NCCNC(=O)CC1CCCC1)N(C)Cc1ccc(OC)cc1OC.I. The number of carbonyl (C=O) groups is 1. The van der Waals surface area contributed by atoms with Gasteiger partial charge in [0.2, 0.25) is 5.91 Å². The summed E-state index contributed by atoms with van der Waals surface area (Å²) in [5.74, 6) is 3.04. The minimum atomic E-state index is 0. The largest absolute Gasteiger partial charge is 0.497 e. The van der Waals surface area contributed by atoms with Gasteiger partial charge in [-0.15, -0.1) is 24.0 Å². The number of nitrogens with one attached hydrogen (secondary N) is 2. The Balaban J connectivity index is 0.00000420. The van der Waals surface area contributed by atoms with Crippen LogP contribution in [0.15, 0.2) is 23.2 Å². The zero-order valence-corrected chi connectivity index (χ0v) is 20.3. The molecule has 0 atom stereocenters. The average molecular weight is 518 g/mol. The smallest absolute Gasteiger partial charge is 0.220 e. The normalized spacial score (nSPS) is 14.1. The van der Waals surface area contributed by atoms with Crippen LogP contribution in [0.4, 0.5) is 0 Å². The summed E-state index contributed by atoms with van der Waals surface area (Å²) in [6, 6.07) is 5.78. The van der Waals surface area contributed by atoms with Gasteiger partial charge in [0.05, 0.1) is 14.2 Å². The van der Waals surface area contributed by atoms with E-state index in [1.54, 1.807) is 21.3 Å². The molecule has 29 heavy (non-hydrogen) atoms. The molecular formula is C21H35IN4O3. The lowest BCUT2D eigenvalue weighted by molar-refractivity contribution is -0.121. The molecule has 1 aromatic carbocycles. The van der Waals surface area contributed by atoms with E-state index in [1.165, 1.54) is 25.7 Å². The quantitative estimate of drug-likeness (QED) is 0.228. The number of amides is 1. The maximum Gasteiger partial charge on any atom is 0.220 e. The molecule has 0 aliphatic heterocycles. The van der Waals surface area contributed by atoms with Gasteiger partial charge in [-0.2, -0.15) is 0 Å². The molecule has 1 aliphatic rings. The van der Waals surface area contributed by atoms with Crippen LogP contribution in [0.25, 0.3) is 0 Å². The molecule has 1 fully saturated rings. The van der Waals surface area contributed by atoms with Crippen LogP contribution in [0.3, 0.4) is 0 Å². The molecule has 2 N–H and O–H groups in total. The van der Waals surface area contributed by atoms with Crippen LogP contribution in [-0.2, 0) is 11.3 Å². The summed E-state index contributed by atoms with van der Waals surface area (Å²) in [6.45, 7) is 1.86. The first-order chi connectivity index (χ1) is 13.6. The lowest BCUT2D eigenvalue weighted by Gasteiger charge is -2.23. The fourth-order valence-electron chi connectivity index (χ4n) is 3.62. The van der Waals surface area contributed by atoms with Gasteiger partial charge in [-0.05, 0) is 30.9 Å². The van der Waals surface area contributed by atoms with E-state index < -0.39 is 0 Å². The number of carbonyl (C=O) groups excluding carboxylic acids is 1. The highest BCUT2D eigenvalue weighted by atomic mass is 127. The van der Waals surface area contributed by atoms with Crippen molar-refractivity contribution in [3.05, 3.63) is 23.8 Å². The topological polar surface area (TPSA) is 75.2 Å². The summed E-state index contributed by atoms with van der Waals surface area (Å²) in [4.78, 5) is 18.4. The van der Waals surface area contributed by atoms with Crippen LogP contribution in [0.2, 0.25) is 0 Å². The molecular weight excluding hydrogens is 483 g/mol. The van der Waals surface area contributed by atoms with E-state index in [1.807, 2.05) is 30.1 Å². The van der Waals surface area contributed by atoms with Crippen LogP contribution in [-0.4, -0.2) is 58.2 Å². The molecule has 0 saturated heterocycles. The zero-order chi connectivity index (χ0) is 20.4. The Morgan fingerprint density at radius 1 is 1.17 bits per heavy atom. The monoisotopic (exact) mass is 518 g/mol. The van der Waals surface area contributed by atoms with Crippen LogP contribution in [0.1, 0.15) is 37.7 Å². The van der Waals surface area contributed by atoms with Crippen LogP contribution >= 0.6 is 24.0 Å². The number of nitrogens with zero attached hydrogens (tertiary/aromatic N) is 2. The number of aliphatic imine (C=N–C) groups is 1. The zero-order valence-electron chi connectivity index (χ0n) is 18.0. The van der Waals surface area contributed by atoms with Crippen molar-refractivity contribution >= 4 is 35.8 Å². The van der Waals surface area contributed by atoms with Crippen molar-refractivity contribution in [3.63, 3.8) is 0 Å². The third-order valence-electron chi connectivity index (χ3n) is 5.15. The van der Waals surface area contributed by atoms with Gasteiger partial charge in [0, 0.05) is 51.8 Å². The Morgan fingerprint density at radius 3 is 2.48 bits per heavy atom. The molecule has 8 heteroatoms. The Hall–Kier alpha value is -1.71. The lowest BCUT2D eigenvalue weighted by atomic mass is 10.0. The van der Waals surface area contributed by atoms with Gasteiger partial charge in [0.1, 0.15) is 11.5 Å². The van der Waals surface area contributed by atoms with Crippen molar-refractivity contribution in [2.45, 2.75) is 38.6 Å². The third kappa shape index (κ3) is 8.28. The molecule has 164 valence electrons. The molecule has 0 bridgehead atoms. The standard InChI is InChI=1S/C21H34N4O3.HI/c1-22-21(24-12-11-23-20(26)13-16-7-5-6-8-16)25(2)15-17-9-10-18(27-3)14-19(17)28-4;/h9-10,14,16H,5-8,11-13,15H2,1-4H3,(H,22,24)(H,23,26);1H. The van der Waals surface area contributed by atoms with Crippen LogP contribution in [0, 0.1) is 5.92 Å². The van der Waals surface area contributed by atoms with Gasteiger partial charge in [-0.25, -0.2) is 0 Å². The second-order valence-corrected chi connectivity index (χ2v) is 7.21. The summed E-state index contributed by atoms with van der Waals surface area (Å²) >= 11 is 0. The number of guanidine groups is 1. The number of hydrogen-bond acceptors (Lipinski definition) is 4. The molecule has 0 aromatic heterocycles. The van der Waals surface area contributed by atoms with Crippen molar-refractivity contribution in [1.29, 1.82) is 0 Å². The van der Waals surface area contributed by atoms with Gasteiger partial charge >= 0.3 is 0 Å². The number of halogens is 1. The second kappa shape index (κ2) is 13.5. The predicted molar refractivity (Wildman–Crippen MR) is 127 cm³/mol. The first-order valence-corrected chi connectivity index (χ1v) is 9.96. The maximum atomic E-state index is 12.0. The van der Waals surface area contributed by atoms with E-state index in [4.69, 9.17) is 9.47 Å². The molecule has 1 aliphatic carbocycles. The third-order valence-corrected chi connectivity index (χ3v) is 5.15. The fourth-order valence-corrected chi connectivity index (χ4v) is 3.62. The second-order valence-electron chi connectivity index (χ2n) is 7.21. The minimum Gasteiger partial charge on any atom is -0.497 e. The van der Waals surface area contributed by atoms with Crippen LogP contribution < -0.4 is 20.1 Å². The molecule has 7 nitrogen and oxygen atoms in total. The molecule has 0 unspecified atom stereocenters. The lowest BCUT2D eigenvalue weighted by Crippen LogP contribution is -2.42. The molecule has 1 saturated carbocycles. The summed E-state index contributed by atoms with van der Waals surface area (Å²) < 4.78 is 10.7. The Morgan fingerprint density at radius 2 is 1.86 bits per heavy atom. The van der Waals surface area contributed by atoms with E-state index in [2.05, 4.69) is 15.6 Å². The van der Waals surface area contributed by atoms with Gasteiger partial charge < -0.3 is 25.0 Å². The molecule has 1 amide bonds. The summed E-state index contributed by atoms with van der Waals surface area (Å²) in [7, 11) is 7.01. The van der Waals surface area contributed by atoms with Gasteiger partial charge in [-0.3, -0.25) is 9.79 Å². The van der Waals surface area contributed by atoms with Crippen molar-refractivity contribution < 1.29 is 14.3 Å². The minimum absolute atomic E-state index is 0. The van der Waals surface area contributed by atoms with Crippen molar-refractivity contribution in [3.8, 4) is 11.5 Å². The summed E-state index contributed by atoms with van der Waals surface area (Å²) in [5.41, 5.74) is 1.04. The highest BCUT2D eigenvalue weighted by Crippen LogP contribution is 2.27. The average Bonchev–Trinajstić information content (AvgIpc) is 3.21. The van der Waals surface area contributed by atoms with E-state index >= 15 is 0 Å². The van der Waals surface area contributed by atoms with E-state index in [-0.39, 0.29) is 29.9 Å². The van der Waals surface area contributed by atoms with Gasteiger partial charge in [-0.1, -0.05) is 12.8 Å². The Kier molecular flexibility index (Phi) is 11.8. The fraction of sp³-hybridized carbons (Fsp3) is 0.619. The molecule has 0 heterocycles. The highest BCUT2D eigenvalue weighted by molar-refractivity contribution is 14.0. The van der Waals surface area contributed by atoms with Crippen LogP contribution in [0.5, 0.6) is 11.5 Å². The first kappa shape index (κ1) is 25.3. The Labute approximate surface area is 191 Å². The first-order valence-electron chi connectivity index (χ1n) is 9.96. The number of rotatable bonds is 9. The van der Waals surface area contributed by atoms with Gasteiger partial charge in [0.15, 0.2) is 5.96 Å². The van der Waals surface area contributed by atoms with Crippen molar-refractivity contribution in [2.24, 2.45) is 10.9 Å². The highest BCUT2D eigenvalue weighted by Gasteiger charge is 2.18. The number of ether oxygens (including phenoxy) is 2. The molecule has 1 aromatic rings. The van der Waals surface area contributed by atoms with Gasteiger partial charge in [0.25, 0.3) is 0 Å². The maximum absolute atomic E-state index is 12.0. The number of hydrogen-bond donors (Lipinski definition) is 2. The van der Waals surface area contributed by atoms with E-state index in [0.717, 1.165) is 23.0 Å².